The number of aromatic amines is 1. The molecule has 0 aliphatic carbocycles. The molecule has 0 saturated carbocycles. The Morgan fingerprint density at radius 2 is 2.05 bits per heavy atom. The second-order valence-electron chi connectivity index (χ2n) is 4.48. The maximum atomic E-state index is 9.48. The van der Waals surface area contributed by atoms with Crippen LogP contribution < -0.4 is 0 Å². The molecule has 0 aliphatic rings. The van der Waals surface area contributed by atoms with Crippen LogP contribution in [0.5, 0.6) is 5.75 Å². The van der Waals surface area contributed by atoms with E-state index < -0.39 is 0 Å². The number of aromatic hydroxyl groups is 1. The summed E-state index contributed by atoms with van der Waals surface area (Å²) in [4.78, 5) is 0. The molecule has 0 saturated heterocycles. The van der Waals surface area contributed by atoms with Crippen LogP contribution in [0.3, 0.4) is 0 Å². The smallest absolute Gasteiger partial charge is 0.216 e. The van der Waals surface area contributed by atoms with Crippen LogP contribution in [0.2, 0.25) is 0 Å². The third-order valence-electron chi connectivity index (χ3n) is 2.96. The molecule has 0 bridgehead atoms. The minimum absolute atomic E-state index is 0.186. The molecule has 0 fully saturated rings. The molecule has 3 aromatic rings. The highest BCUT2D eigenvalue weighted by molar-refractivity contribution is 9.10. The highest BCUT2D eigenvalue weighted by Crippen LogP contribution is 2.26. The topological polar surface area (TPSA) is 66.2 Å². The zero-order valence-corrected chi connectivity index (χ0v) is 13.7. The summed E-state index contributed by atoms with van der Waals surface area (Å²) < 4.78 is 2.83. The number of nitrogens with one attached hydrogen (secondary N) is 1. The first-order valence-electron chi connectivity index (χ1n) is 6.41. The van der Waals surface area contributed by atoms with E-state index >= 15 is 0 Å². The summed E-state index contributed by atoms with van der Waals surface area (Å²) in [5.41, 5.74) is 1.64. The summed E-state index contributed by atoms with van der Waals surface area (Å²) in [6, 6.07) is 14.5. The second-order valence-corrected chi connectivity index (χ2v) is 5.72. The van der Waals surface area contributed by atoms with E-state index in [1.54, 1.807) is 29.1 Å². The van der Waals surface area contributed by atoms with Gasteiger partial charge in [-0.15, -0.1) is 0 Å². The fourth-order valence-electron chi connectivity index (χ4n) is 1.95. The van der Waals surface area contributed by atoms with Crippen LogP contribution in [0, 0.1) is 4.77 Å². The number of nitrogens with zero attached hydrogens (tertiary/aromatic N) is 3. The van der Waals surface area contributed by atoms with E-state index in [-0.39, 0.29) is 5.75 Å². The van der Waals surface area contributed by atoms with Gasteiger partial charge in [0.25, 0.3) is 0 Å². The number of H-pyrrole nitrogens is 1. The Kier molecular flexibility index (Phi) is 4.17. The summed E-state index contributed by atoms with van der Waals surface area (Å²) in [5, 5.41) is 20.8. The van der Waals surface area contributed by atoms with Crippen molar-refractivity contribution in [2.24, 2.45) is 5.10 Å². The predicted molar refractivity (Wildman–Crippen MR) is 91.6 cm³/mol. The quantitative estimate of drug-likeness (QED) is 0.538. The lowest BCUT2D eigenvalue weighted by molar-refractivity contribution is 0.475. The number of phenols is 1. The lowest BCUT2D eigenvalue weighted by Gasteiger charge is -2.03. The fraction of sp³-hybridized carbons (Fsp3) is 0. The molecular weight excluding hydrogens is 364 g/mol. The summed E-state index contributed by atoms with van der Waals surface area (Å²) in [6.07, 6.45) is 1.62. The predicted octanol–water partition coefficient (Wildman–Crippen LogP) is 3.96. The molecule has 0 spiro atoms. The average molecular weight is 375 g/mol. The zero-order valence-electron chi connectivity index (χ0n) is 11.3. The van der Waals surface area contributed by atoms with Gasteiger partial charge in [0.2, 0.25) is 4.77 Å². The molecule has 0 unspecified atom stereocenters. The van der Waals surface area contributed by atoms with Crippen molar-refractivity contribution in [2.45, 2.75) is 0 Å². The van der Waals surface area contributed by atoms with Gasteiger partial charge in [-0.3, -0.25) is 0 Å². The van der Waals surface area contributed by atoms with Crippen molar-refractivity contribution < 1.29 is 5.11 Å². The molecule has 2 N–H and O–H groups in total. The van der Waals surface area contributed by atoms with Crippen molar-refractivity contribution in [1.29, 1.82) is 0 Å². The molecule has 22 heavy (non-hydrogen) atoms. The summed E-state index contributed by atoms with van der Waals surface area (Å²) >= 11 is 8.72. The first kappa shape index (κ1) is 14.7. The number of hydrogen-bond acceptors (Lipinski definition) is 4. The first-order chi connectivity index (χ1) is 10.6. The van der Waals surface area contributed by atoms with Crippen LogP contribution in [0.4, 0.5) is 0 Å². The number of halogens is 1. The van der Waals surface area contributed by atoms with Crippen molar-refractivity contribution in [3.63, 3.8) is 0 Å². The van der Waals surface area contributed by atoms with E-state index in [0.717, 1.165) is 15.6 Å². The summed E-state index contributed by atoms with van der Waals surface area (Å²) in [5.74, 6) is 0.791. The van der Waals surface area contributed by atoms with Crippen molar-refractivity contribution >= 4 is 34.4 Å². The van der Waals surface area contributed by atoms with Crippen LogP contribution in [0.15, 0.2) is 58.1 Å². The molecule has 1 heterocycles. The molecule has 1 aromatic heterocycles. The van der Waals surface area contributed by atoms with Gasteiger partial charge in [-0.2, -0.15) is 14.9 Å². The van der Waals surface area contributed by atoms with Gasteiger partial charge in [0, 0.05) is 10.0 Å². The van der Waals surface area contributed by atoms with Crippen molar-refractivity contribution in [3.8, 4) is 17.1 Å². The molecule has 0 atom stereocenters. The fourth-order valence-corrected chi connectivity index (χ4v) is 2.59. The highest BCUT2D eigenvalue weighted by Gasteiger charge is 2.10. The Morgan fingerprint density at radius 3 is 2.82 bits per heavy atom. The van der Waals surface area contributed by atoms with Crippen LogP contribution in [0.1, 0.15) is 5.56 Å². The first-order valence-corrected chi connectivity index (χ1v) is 7.61. The Morgan fingerprint density at radius 1 is 1.23 bits per heavy atom. The van der Waals surface area contributed by atoms with Gasteiger partial charge < -0.3 is 5.11 Å². The van der Waals surface area contributed by atoms with Gasteiger partial charge >= 0.3 is 0 Å². The number of rotatable bonds is 3. The average Bonchev–Trinajstić information content (AvgIpc) is 2.87. The molecule has 0 amide bonds. The standard InChI is InChI=1S/C15H11BrN4OS/c16-13-7-2-1-6-12(13)14-18-19-15(22)20(14)17-9-10-4-3-5-11(21)8-10/h1-9,21H,(H,19,22)/b17-9-. The monoisotopic (exact) mass is 374 g/mol. The summed E-state index contributed by atoms with van der Waals surface area (Å²) in [7, 11) is 0. The number of phenolic OH excluding ortho intramolecular Hbond substituents is 1. The summed E-state index contributed by atoms with van der Waals surface area (Å²) in [6.45, 7) is 0. The molecule has 0 radical (unpaired) electrons. The Bertz CT molecular complexity index is 900. The van der Waals surface area contributed by atoms with Gasteiger partial charge in [0.05, 0.1) is 6.21 Å². The van der Waals surface area contributed by atoms with Gasteiger partial charge in [-0.25, -0.2) is 5.10 Å². The normalized spacial score (nSPS) is 11.1. The Labute approximate surface area is 140 Å². The van der Waals surface area contributed by atoms with Crippen LogP contribution in [-0.4, -0.2) is 26.2 Å². The van der Waals surface area contributed by atoms with Gasteiger partial charge in [-0.05, 0) is 42.0 Å². The number of benzene rings is 2. The zero-order chi connectivity index (χ0) is 15.5. The highest BCUT2D eigenvalue weighted by atomic mass is 79.9. The molecule has 2 aromatic carbocycles. The van der Waals surface area contributed by atoms with Crippen LogP contribution in [-0.2, 0) is 0 Å². The van der Waals surface area contributed by atoms with Crippen LogP contribution in [0.25, 0.3) is 11.4 Å². The molecule has 7 heteroatoms. The molecular formula is C15H11BrN4OS. The van der Waals surface area contributed by atoms with Crippen molar-refractivity contribution in [2.75, 3.05) is 0 Å². The van der Waals surface area contributed by atoms with Gasteiger partial charge in [0.15, 0.2) is 5.82 Å². The van der Waals surface area contributed by atoms with E-state index in [4.69, 9.17) is 12.2 Å². The second kappa shape index (κ2) is 6.25. The van der Waals surface area contributed by atoms with E-state index in [9.17, 15) is 5.11 Å². The van der Waals surface area contributed by atoms with E-state index in [0.29, 0.717) is 10.6 Å². The Hall–Kier alpha value is -2.25. The molecule has 0 aliphatic heterocycles. The van der Waals surface area contributed by atoms with Gasteiger partial charge in [-0.1, -0.05) is 40.2 Å². The minimum atomic E-state index is 0.186. The number of hydrogen-bond donors (Lipinski definition) is 2. The van der Waals surface area contributed by atoms with E-state index in [1.807, 2.05) is 30.3 Å². The van der Waals surface area contributed by atoms with E-state index in [1.165, 1.54) is 0 Å². The van der Waals surface area contributed by atoms with Gasteiger partial charge in [0.1, 0.15) is 5.75 Å². The lowest BCUT2D eigenvalue weighted by Crippen LogP contribution is -1.95. The number of aromatic nitrogens is 3. The lowest BCUT2D eigenvalue weighted by atomic mass is 10.2. The molecule has 3 rings (SSSR count). The third-order valence-corrected chi connectivity index (χ3v) is 3.91. The van der Waals surface area contributed by atoms with Crippen molar-refractivity contribution in [1.82, 2.24) is 14.9 Å². The Balaban J connectivity index is 2.04. The molecule has 110 valence electrons. The minimum Gasteiger partial charge on any atom is -0.508 e. The maximum Gasteiger partial charge on any atom is 0.216 e. The van der Waals surface area contributed by atoms with Crippen LogP contribution >= 0.6 is 28.1 Å². The largest absolute Gasteiger partial charge is 0.508 e. The van der Waals surface area contributed by atoms with E-state index in [2.05, 4.69) is 31.2 Å². The maximum absolute atomic E-state index is 9.48. The SMILES string of the molecule is Oc1cccc(/C=N\n2c(-c3ccccc3Br)n[nH]c2=S)c1. The third kappa shape index (κ3) is 3.00. The van der Waals surface area contributed by atoms with Crippen molar-refractivity contribution in [3.05, 3.63) is 63.3 Å². The molecule has 5 nitrogen and oxygen atoms in total.